The van der Waals surface area contributed by atoms with Crippen molar-refractivity contribution in [2.24, 2.45) is 35.5 Å². The van der Waals surface area contributed by atoms with Gasteiger partial charge >= 0.3 is 0 Å². The maximum absolute atomic E-state index is 14.0. The van der Waals surface area contributed by atoms with Crippen LogP contribution >= 0.6 is 23.2 Å². The van der Waals surface area contributed by atoms with E-state index < -0.39 is 79.2 Å². The molecule has 0 spiro atoms. The van der Waals surface area contributed by atoms with E-state index in [1.54, 1.807) is 36.4 Å². The number of allylic oxidation sites excluding steroid dienone is 2. The zero-order chi connectivity index (χ0) is 36.7. The Kier molecular flexibility index (Phi) is 8.06. The van der Waals surface area contributed by atoms with E-state index in [-0.39, 0.29) is 42.6 Å². The monoisotopic (exact) mass is 776 g/mol. The molecule has 4 amide bonds. The van der Waals surface area contributed by atoms with Crippen LogP contribution in [0.2, 0.25) is 10.0 Å². The number of anilines is 4. The number of rotatable bonds is 8. The molecular weight excluding hydrogens is 751 g/mol. The number of benzene rings is 4. The van der Waals surface area contributed by atoms with Gasteiger partial charge in [-0.05, 0) is 72.8 Å². The summed E-state index contributed by atoms with van der Waals surface area (Å²) in [5.41, 5.74) is 0.684. The van der Waals surface area contributed by atoms with Crippen molar-refractivity contribution >= 4 is 89.6 Å². The zero-order valence-corrected chi connectivity index (χ0v) is 29.7. The van der Waals surface area contributed by atoms with Crippen LogP contribution in [0.5, 0.6) is 0 Å². The molecule has 3 fully saturated rings. The molecule has 4 aromatic rings. The molecule has 5 aliphatic rings. The molecular formula is C36H26Cl2N4O8S2. The largest absolute Gasteiger partial charge is 0.278 e. The topological polar surface area (TPSA) is 167 Å². The normalized spacial score (nSPS) is 25.0. The van der Waals surface area contributed by atoms with E-state index in [4.69, 9.17) is 23.2 Å². The molecule has 0 radical (unpaired) electrons. The third kappa shape index (κ3) is 5.31. The van der Waals surface area contributed by atoms with Crippen molar-refractivity contribution in [2.45, 2.75) is 9.79 Å². The van der Waals surface area contributed by atoms with Crippen molar-refractivity contribution in [1.29, 1.82) is 0 Å². The fraction of sp³-hybridized carbons (Fsp3) is 0.167. The Morgan fingerprint density at radius 1 is 0.462 bits per heavy atom. The first kappa shape index (κ1) is 34.1. The number of halogens is 2. The highest BCUT2D eigenvalue weighted by Crippen LogP contribution is 2.58. The molecule has 2 N–H and O–H groups in total. The molecule has 52 heavy (non-hydrogen) atoms. The van der Waals surface area contributed by atoms with Crippen LogP contribution < -0.4 is 19.2 Å². The predicted octanol–water partition coefficient (Wildman–Crippen LogP) is 5.32. The molecule has 16 heteroatoms. The second-order valence-electron chi connectivity index (χ2n) is 12.8. The van der Waals surface area contributed by atoms with Gasteiger partial charge in [0.2, 0.25) is 23.6 Å². The van der Waals surface area contributed by atoms with E-state index >= 15 is 0 Å². The molecule has 0 unspecified atom stereocenters. The lowest BCUT2D eigenvalue weighted by Crippen LogP contribution is -2.50. The van der Waals surface area contributed by atoms with Gasteiger partial charge in [0, 0.05) is 11.8 Å². The van der Waals surface area contributed by atoms with Crippen LogP contribution in [0.1, 0.15) is 0 Å². The van der Waals surface area contributed by atoms with Gasteiger partial charge in [0.1, 0.15) is 0 Å². The predicted molar refractivity (Wildman–Crippen MR) is 192 cm³/mol. The minimum absolute atomic E-state index is 0.122. The molecule has 0 aromatic heterocycles. The van der Waals surface area contributed by atoms with E-state index in [2.05, 4.69) is 9.44 Å². The van der Waals surface area contributed by atoms with Gasteiger partial charge < -0.3 is 0 Å². The van der Waals surface area contributed by atoms with Crippen molar-refractivity contribution in [3.63, 3.8) is 0 Å². The number of sulfonamides is 2. The summed E-state index contributed by atoms with van der Waals surface area (Å²) < 4.78 is 57.0. The molecule has 9 rings (SSSR count). The van der Waals surface area contributed by atoms with Crippen molar-refractivity contribution < 1.29 is 36.0 Å². The SMILES string of the molecule is O=C1[C@@H]2C3C=CC([C@H]2C(=O)N1c1ccc(S(=O)(=O)Nc2ccccc2Cl)cc1)[C@H]1C(=O)N(c2ccc(S(=O)(=O)Nc4ccccc4Cl)cc2)C(=O)[C@H]31. The summed E-state index contributed by atoms with van der Waals surface area (Å²) in [4.78, 5) is 57.6. The fourth-order valence-electron chi connectivity index (χ4n) is 7.78. The van der Waals surface area contributed by atoms with Crippen LogP contribution in [-0.2, 0) is 39.2 Å². The first-order chi connectivity index (χ1) is 24.8. The summed E-state index contributed by atoms with van der Waals surface area (Å²) in [6.07, 6.45) is 3.45. The first-order valence-electron chi connectivity index (χ1n) is 16.0. The summed E-state index contributed by atoms with van der Waals surface area (Å²) >= 11 is 12.2. The average molecular weight is 778 g/mol. The van der Waals surface area contributed by atoms with E-state index in [9.17, 15) is 36.0 Å². The lowest BCUT2D eigenvalue weighted by atomic mass is 9.54. The summed E-state index contributed by atoms with van der Waals surface area (Å²) in [5, 5.41) is 0.413. The smallest absolute Gasteiger partial charge is 0.261 e. The highest BCUT2D eigenvalue weighted by atomic mass is 35.5. The van der Waals surface area contributed by atoms with Crippen LogP contribution in [0, 0.1) is 35.5 Å². The number of nitrogens with zero attached hydrogens (tertiary/aromatic N) is 2. The van der Waals surface area contributed by atoms with Crippen LogP contribution in [-0.4, -0.2) is 40.5 Å². The molecule has 2 saturated heterocycles. The zero-order valence-electron chi connectivity index (χ0n) is 26.6. The molecule has 1 saturated carbocycles. The van der Waals surface area contributed by atoms with E-state index in [1.807, 2.05) is 0 Å². The van der Waals surface area contributed by atoms with Gasteiger partial charge in [-0.3, -0.25) is 38.4 Å². The van der Waals surface area contributed by atoms with Crippen LogP contribution in [0.3, 0.4) is 0 Å². The second-order valence-corrected chi connectivity index (χ2v) is 17.0. The maximum Gasteiger partial charge on any atom is 0.261 e. The minimum atomic E-state index is -4.06. The highest BCUT2D eigenvalue weighted by molar-refractivity contribution is 7.93. The van der Waals surface area contributed by atoms with Gasteiger partial charge in [-0.1, -0.05) is 59.6 Å². The van der Waals surface area contributed by atoms with Crippen LogP contribution in [0.15, 0.2) is 119 Å². The van der Waals surface area contributed by atoms with E-state index in [0.717, 1.165) is 9.80 Å². The Balaban J connectivity index is 1.02. The summed E-state index contributed by atoms with van der Waals surface area (Å²) in [6.45, 7) is 0. The van der Waals surface area contributed by atoms with Crippen molar-refractivity contribution in [3.05, 3.63) is 119 Å². The number of carbonyl (C=O) groups excluding carboxylic acids is 4. The summed E-state index contributed by atoms with van der Waals surface area (Å²) in [6, 6.07) is 23.2. The lowest BCUT2D eigenvalue weighted by molar-refractivity contribution is -0.137. The number of amides is 4. The molecule has 2 heterocycles. The quantitative estimate of drug-likeness (QED) is 0.179. The van der Waals surface area contributed by atoms with Gasteiger partial charge in [-0.15, -0.1) is 0 Å². The fourth-order valence-corrected chi connectivity index (χ4v) is 10.4. The number of imide groups is 2. The molecule has 3 aliphatic carbocycles. The number of hydrogen-bond donors (Lipinski definition) is 2. The van der Waals surface area contributed by atoms with Gasteiger partial charge in [0.25, 0.3) is 20.0 Å². The van der Waals surface area contributed by atoms with E-state index in [1.165, 1.54) is 72.8 Å². The number of nitrogens with one attached hydrogen (secondary N) is 2. The van der Waals surface area contributed by atoms with Crippen LogP contribution in [0.25, 0.3) is 0 Å². The molecule has 264 valence electrons. The van der Waals surface area contributed by atoms with Crippen molar-refractivity contribution in [1.82, 2.24) is 0 Å². The Morgan fingerprint density at radius 2 is 0.769 bits per heavy atom. The first-order valence-corrected chi connectivity index (χ1v) is 19.7. The summed E-state index contributed by atoms with van der Waals surface area (Å²) in [5.74, 6) is -7.31. The number of carbonyl (C=O) groups is 4. The number of para-hydroxylation sites is 2. The maximum atomic E-state index is 14.0. The van der Waals surface area contributed by atoms with Crippen LogP contribution in [0.4, 0.5) is 22.7 Å². The molecule has 4 atom stereocenters. The lowest BCUT2D eigenvalue weighted by Gasteiger charge is -2.44. The van der Waals surface area contributed by atoms with Crippen molar-refractivity contribution in [2.75, 3.05) is 19.2 Å². The Labute approximate surface area is 308 Å². The molecule has 12 nitrogen and oxygen atoms in total. The third-order valence-corrected chi connectivity index (χ3v) is 13.5. The summed E-state index contributed by atoms with van der Waals surface area (Å²) in [7, 11) is -8.11. The average Bonchev–Trinajstić information content (AvgIpc) is 3.57. The van der Waals surface area contributed by atoms with Gasteiger partial charge in [0.05, 0.1) is 66.3 Å². The Morgan fingerprint density at radius 3 is 1.08 bits per heavy atom. The molecule has 2 aliphatic heterocycles. The standard InChI is InChI=1S/C36H26Cl2N4O8S2/c37-25-5-1-3-7-27(25)39-51(47,48)21-13-9-19(10-14-21)41-33(43)29-23-17-18-24(30(29)34(41)44)32-31(23)35(45)42(36(32)46)20-11-15-22(16-12-20)52(49,50)40-28-8-4-2-6-26(28)38/h1-18,23-24,29-32,39-40H/t23?,24?,29-,30-,31-,32-/m1/s1. The van der Waals surface area contributed by atoms with Gasteiger partial charge in [0.15, 0.2) is 0 Å². The highest BCUT2D eigenvalue weighted by Gasteiger charge is 2.68. The van der Waals surface area contributed by atoms with E-state index in [0.29, 0.717) is 0 Å². The Hall–Kier alpha value is -5.02. The van der Waals surface area contributed by atoms with Gasteiger partial charge in [-0.25, -0.2) is 16.8 Å². The Bertz CT molecular complexity index is 2240. The van der Waals surface area contributed by atoms with Gasteiger partial charge in [-0.2, -0.15) is 0 Å². The van der Waals surface area contributed by atoms with Crippen molar-refractivity contribution in [3.8, 4) is 0 Å². The third-order valence-electron chi connectivity index (χ3n) is 10.1. The molecule has 2 bridgehead atoms. The molecule has 4 aromatic carbocycles. The second kappa shape index (κ2) is 12.3. The minimum Gasteiger partial charge on any atom is -0.278 e. The number of hydrogen-bond acceptors (Lipinski definition) is 8.